The Hall–Kier alpha value is -0.170. The molecule has 0 aromatic heterocycles. The summed E-state index contributed by atoms with van der Waals surface area (Å²) in [5, 5.41) is 0. The zero-order chi connectivity index (χ0) is 11.1. The summed E-state index contributed by atoms with van der Waals surface area (Å²) < 4.78 is 27.2. The van der Waals surface area contributed by atoms with E-state index >= 15 is 0 Å². The van der Waals surface area contributed by atoms with Crippen LogP contribution in [0.2, 0.25) is 0 Å². The molecule has 2 fully saturated rings. The summed E-state index contributed by atoms with van der Waals surface area (Å²) in [4.78, 5) is 0. The molecule has 0 amide bonds. The highest BCUT2D eigenvalue weighted by molar-refractivity contribution is 7.87. The van der Waals surface area contributed by atoms with E-state index in [0.717, 1.165) is 19.3 Å². The highest BCUT2D eigenvalue weighted by atomic mass is 32.2. The summed E-state index contributed by atoms with van der Waals surface area (Å²) in [5.74, 6) is 0.832. The standard InChI is InChI=1S/C9H19N3O2S/c1-11-15(13,14)12-5-7-3-2-4-9(10)8(7)6-12/h7-9,11H,2-6,10H2,1H3. The zero-order valence-corrected chi connectivity index (χ0v) is 9.83. The van der Waals surface area contributed by atoms with E-state index in [9.17, 15) is 8.42 Å². The van der Waals surface area contributed by atoms with Crippen LogP contribution in [0.5, 0.6) is 0 Å². The van der Waals surface area contributed by atoms with E-state index in [4.69, 9.17) is 5.73 Å². The maximum atomic E-state index is 11.6. The van der Waals surface area contributed by atoms with Gasteiger partial charge in [0.25, 0.3) is 10.2 Å². The molecule has 1 saturated heterocycles. The third-order valence-electron chi connectivity index (χ3n) is 3.72. The molecule has 88 valence electrons. The van der Waals surface area contributed by atoms with Gasteiger partial charge in [0.05, 0.1) is 0 Å². The lowest BCUT2D eigenvalue weighted by atomic mass is 9.78. The van der Waals surface area contributed by atoms with Gasteiger partial charge in [-0.2, -0.15) is 12.7 Å². The predicted octanol–water partition coefficient (Wildman–Crippen LogP) is -0.490. The minimum atomic E-state index is -3.25. The molecular weight excluding hydrogens is 214 g/mol. The number of nitrogens with zero attached hydrogens (tertiary/aromatic N) is 1. The summed E-state index contributed by atoms with van der Waals surface area (Å²) in [6.07, 6.45) is 3.29. The van der Waals surface area contributed by atoms with Gasteiger partial charge >= 0.3 is 0 Å². The van der Waals surface area contributed by atoms with Crippen molar-refractivity contribution in [2.75, 3.05) is 20.1 Å². The smallest absolute Gasteiger partial charge is 0.279 e. The maximum Gasteiger partial charge on any atom is 0.279 e. The quantitative estimate of drug-likeness (QED) is 0.676. The van der Waals surface area contributed by atoms with E-state index in [1.54, 1.807) is 0 Å². The first-order valence-corrected chi connectivity index (χ1v) is 6.93. The Morgan fingerprint density at radius 3 is 2.67 bits per heavy atom. The molecule has 1 heterocycles. The summed E-state index contributed by atoms with van der Waals surface area (Å²) >= 11 is 0. The van der Waals surface area contributed by atoms with Gasteiger partial charge in [0.15, 0.2) is 0 Å². The normalized spacial score (nSPS) is 37.9. The Kier molecular flexibility index (Phi) is 3.03. The van der Waals surface area contributed by atoms with Crippen molar-refractivity contribution in [1.29, 1.82) is 0 Å². The summed E-state index contributed by atoms with van der Waals surface area (Å²) in [6.45, 7) is 1.23. The van der Waals surface area contributed by atoms with Gasteiger partial charge in [-0.1, -0.05) is 6.42 Å². The van der Waals surface area contributed by atoms with Crippen molar-refractivity contribution in [3.63, 3.8) is 0 Å². The molecule has 0 spiro atoms. The molecule has 15 heavy (non-hydrogen) atoms. The van der Waals surface area contributed by atoms with Crippen molar-refractivity contribution in [2.45, 2.75) is 25.3 Å². The fourth-order valence-corrected chi connectivity index (χ4v) is 3.82. The highest BCUT2D eigenvalue weighted by Crippen LogP contribution is 2.36. The molecule has 0 radical (unpaired) electrons. The van der Waals surface area contributed by atoms with Crippen molar-refractivity contribution in [2.24, 2.45) is 17.6 Å². The van der Waals surface area contributed by atoms with Gasteiger partial charge in [0.1, 0.15) is 0 Å². The number of nitrogens with two attached hydrogens (primary N) is 1. The van der Waals surface area contributed by atoms with Gasteiger partial charge in [0.2, 0.25) is 0 Å². The van der Waals surface area contributed by atoms with Gasteiger partial charge in [-0.05, 0) is 24.7 Å². The third kappa shape index (κ3) is 2.04. The molecule has 2 rings (SSSR count). The first-order valence-electron chi connectivity index (χ1n) is 5.49. The van der Waals surface area contributed by atoms with E-state index < -0.39 is 10.2 Å². The molecule has 1 aliphatic carbocycles. The van der Waals surface area contributed by atoms with Crippen LogP contribution in [0.1, 0.15) is 19.3 Å². The van der Waals surface area contributed by atoms with Crippen molar-refractivity contribution >= 4 is 10.2 Å². The van der Waals surface area contributed by atoms with Crippen LogP contribution in [0.4, 0.5) is 0 Å². The van der Waals surface area contributed by atoms with Crippen LogP contribution in [0.3, 0.4) is 0 Å². The molecule has 5 nitrogen and oxygen atoms in total. The molecule has 3 unspecified atom stereocenters. The Balaban J connectivity index is 2.10. The second-order valence-corrected chi connectivity index (χ2v) is 6.42. The Bertz CT molecular complexity index is 330. The van der Waals surface area contributed by atoms with Gasteiger partial charge in [-0.25, -0.2) is 4.72 Å². The van der Waals surface area contributed by atoms with E-state index in [1.807, 2.05) is 0 Å². The molecule has 1 saturated carbocycles. The number of hydrogen-bond acceptors (Lipinski definition) is 3. The lowest BCUT2D eigenvalue weighted by Crippen LogP contribution is -2.40. The average molecular weight is 233 g/mol. The van der Waals surface area contributed by atoms with Crippen molar-refractivity contribution in [3.05, 3.63) is 0 Å². The molecule has 0 bridgehead atoms. The fraction of sp³-hybridized carbons (Fsp3) is 1.00. The fourth-order valence-electron chi connectivity index (χ4n) is 2.80. The second-order valence-electron chi connectivity index (χ2n) is 4.54. The van der Waals surface area contributed by atoms with E-state index in [0.29, 0.717) is 24.9 Å². The van der Waals surface area contributed by atoms with Crippen LogP contribution in [0.15, 0.2) is 0 Å². The number of nitrogens with one attached hydrogen (secondary N) is 1. The van der Waals surface area contributed by atoms with Crippen molar-refractivity contribution in [3.8, 4) is 0 Å². The topological polar surface area (TPSA) is 75.4 Å². The third-order valence-corrected chi connectivity index (χ3v) is 5.21. The monoisotopic (exact) mass is 233 g/mol. The van der Waals surface area contributed by atoms with Crippen molar-refractivity contribution < 1.29 is 8.42 Å². The van der Waals surface area contributed by atoms with Gasteiger partial charge < -0.3 is 5.73 Å². The number of rotatable bonds is 2. The Morgan fingerprint density at radius 1 is 1.33 bits per heavy atom. The van der Waals surface area contributed by atoms with Crippen LogP contribution in [-0.4, -0.2) is 38.9 Å². The number of hydrogen-bond donors (Lipinski definition) is 2. The van der Waals surface area contributed by atoms with Crippen LogP contribution in [-0.2, 0) is 10.2 Å². The average Bonchev–Trinajstić information content (AvgIpc) is 2.64. The molecule has 3 N–H and O–H groups in total. The van der Waals surface area contributed by atoms with Gasteiger partial charge in [-0.15, -0.1) is 0 Å². The summed E-state index contributed by atoms with van der Waals surface area (Å²) in [6, 6.07) is 0.181. The lowest BCUT2D eigenvalue weighted by Gasteiger charge is -2.29. The molecule has 1 aliphatic heterocycles. The Labute approximate surface area is 91.2 Å². The van der Waals surface area contributed by atoms with Gasteiger partial charge in [0, 0.05) is 26.2 Å². The van der Waals surface area contributed by atoms with Crippen LogP contribution < -0.4 is 10.5 Å². The highest BCUT2D eigenvalue weighted by Gasteiger charge is 2.42. The largest absolute Gasteiger partial charge is 0.327 e. The molecule has 3 atom stereocenters. The molecular formula is C9H19N3O2S. The van der Waals surface area contributed by atoms with Gasteiger partial charge in [-0.3, -0.25) is 0 Å². The van der Waals surface area contributed by atoms with E-state index in [-0.39, 0.29) is 6.04 Å². The first-order chi connectivity index (χ1) is 7.04. The summed E-state index contributed by atoms with van der Waals surface area (Å²) in [5.41, 5.74) is 6.02. The molecule has 2 aliphatic rings. The lowest BCUT2D eigenvalue weighted by molar-refractivity contribution is 0.260. The van der Waals surface area contributed by atoms with Crippen LogP contribution in [0, 0.1) is 11.8 Å². The first kappa shape index (κ1) is 11.3. The predicted molar refractivity (Wildman–Crippen MR) is 58.4 cm³/mol. The SMILES string of the molecule is CNS(=O)(=O)N1CC2CCCC(N)C2C1. The van der Waals surface area contributed by atoms with Crippen LogP contribution in [0.25, 0.3) is 0 Å². The second kappa shape index (κ2) is 4.01. The molecule has 6 heteroatoms. The van der Waals surface area contributed by atoms with E-state index in [2.05, 4.69) is 4.72 Å². The summed E-state index contributed by atoms with van der Waals surface area (Å²) in [7, 11) is -1.80. The minimum absolute atomic E-state index is 0.181. The Morgan fingerprint density at radius 2 is 2.07 bits per heavy atom. The van der Waals surface area contributed by atoms with Crippen LogP contribution >= 0.6 is 0 Å². The molecule has 0 aromatic rings. The van der Waals surface area contributed by atoms with E-state index in [1.165, 1.54) is 11.4 Å². The maximum absolute atomic E-state index is 11.6. The number of fused-ring (bicyclic) bond motifs is 1. The zero-order valence-electron chi connectivity index (χ0n) is 9.02. The minimum Gasteiger partial charge on any atom is -0.327 e. The molecule has 0 aromatic carbocycles. The van der Waals surface area contributed by atoms with Crippen molar-refractivity contribution in [1.82, 2.24) is 9.03 Å².